The number of piperidine rings is 1. The number of carbonyl (C=O) groups is 2. The van der Waals surface area contributed by atoms with Crippen LogP contribution in [0, 0.1) is 5.92 Å². The van der Waals surface area contributed by atoms with Gasteiger partial charge >= 0.3 is 0 Å². The number of amides is 1. The summed E-state index contributed by atoms with van der Waals surface area (Å²) in [6.45, 7) is 2.73. The lowest BCUT2D eigenvalue weighted by atomic mass is 9.88. The molecular weight excluding hydrogens is 416 g/mol. The molecule has 3 heterocycles. The van der Waals surface area contributed by atoms with Crippen molar-refractivity contribution in [1.82, 2.24) is 13.6 Å². The molecule has 1 amide bonds. The monoisotopic (exact) mass is 438 g/mol. The number of benzene rings is 2. The highest BCUT2D eigenvalue weighted by Crippen LogP contribution is 2.32. The molecule has 0 aliphatic carbocycles. The van der Waals surface area contributed by atoms with Crippen LogP contribution in [-0.4, -0.2) is 58.2 Å². The normalized spacial score (nSPS) is 16.9. The maximum atomic E-state index is 12.9. The van der Waals surface area contributed by atoms with Gasteiger partial charge in [0.15, 0.2) is 17.3 Å². The van der Waals surface area contributed by atoms with Gasteiger partial charge < -0.3 is 14.8 Å². The summed E-state index contributed by atoms with van der Waals surface area (Å²) in [5.41, 5.74) is 2.83. The molecule has 160 valence electrons. The van der Waals surface area contributed by atoms with Gasteiger partial charge in [-0.05, 0) is 56.3 Å². The Morgan fingerprint density at radius 1 is 1.06 bits per heavy atom. The summed E-state index contributed by atoms with van der Waals surface area (Å²) in [6, 6.07) is 11.0. The number of anilines is 1. The van der Waals surface area contributed by atoms with Crippen molar-refractivity contribution < 1.29 is 19.1 Å². The smallest absolute Gasteiger partial charge is 0.238 e. The molecule has 0 radical (unpaired) electrons. The van der Waals surface area contributed by atoms with Crippen LogP contribution in [0.25, 0.3) is 11.0 Å². The van der Waals surface area contributed by atoms with E-state index in [0.29, 0.717) is 61.1 Å². The molecule has 0 spiro atoms. The third-order valence-electron chi connectivity index (χ3n) is 5.71. The lowest BCUT2D eigenvalue weighted by Gasteiger charge is -2.30. The first-order chi connectivity index (χ1) is 15.2. The van der Waals surface area contributed by atoms with E-state index < -0.39 is 0 Å². The molecule has 31 heavy (non-hydrogen) atoms. The molecule has 2 aromatic carbocycles. The summed E-state index contributed by atoms with van der Waals surface area (Å²) in [7, 11) is 0. The molecule has 9 heteroatoms. The zero-order valence-electron chi connectivity index (χ0n) is 16.9. The fraction of sp³-hybridized carbons (Fsp3) is 0.364. The Morgan fingerprint density at radius 3 is 2.71 bits per heavy atom. The van der Waals surface area contributed by atoms with E-state index in [1.807, 2.05) is 24.3 Å². The van der Waals surface area contributed by atoms with Crippen molar-refractivity contribution >= 4 is 40.1 Å². The third-order valence-corrected chi connectivity index (χ3v) is 6.25. The topological polar surface area (TPSA) is 93.7 Å². The Hall–Kier alpha value is -3.04. The molecule has 5 rings (SSSR count). The van der Waals surface area contributed by atoms with E-state index in [0.717, 1.165) is 30.1 Å². The Labute approximate surface area is 183 Å². The van der Waals surface area contributed by atoms with Gasteiger partial charge in [0.1, 0.15) is 24.2 Å². The van der Waals surface area contributed by atoms with E-state index in [2.05, 4.69) is 19.0 Å². The van der Waals surface area contributed by atoms with Crippen LogP contribution in [0.5, 0.6) is 11.5 Å². The first kappa shape index (κ1) is 19.9. The summed E-state index contributed by atoms with van der Waals surface area (Å²) in [6.07, 6.45) is 1.46. The highest BCUT2D eigenvalue weighted by Gasteiger charge is 2.27. The van der Waals surface area contributed by atoms with Crippen molar-refractivity contribution in [2.24, 2.45) is 5.92 Å². The van der Waals surface area contributed by atoms with Gasteiger partial charge in [0.2, 0.25) is 5.91 Å². The second-order valence-electron chi connectivity index (χ2n) is 7.76. The Morgan fingerprint density at radius 2 is 1.87 bits per heavy atom. The first-order valence-electron chi connectivity index (χ1n) is 10.3. The van der Waals surface area contributed by atoms with Gasteiger partial charge in [0.25, 0.3) is 0 Å². The van der Waals surface area contributed by atoms with Crippen LogP contribution in [0.4, 0.5) is 5.69 Å². The number of ketones is 1. The van der Waals surface area contributed by atoms with Crippen molar-refractivity contribution in [3.63, 3.8) is 0 Å². The van der Waals surface area contributed by atoms with Crippen LogP contribution < -0.4 is 14.8 Å². The summed E-state index contributed by atoms with van der Waals surface area (Å²) in [4.78, 5) is 27.6. The van der Waals surface area contributed by atoms with Crippen LogP contribution in [0.2, 0.25) is 0 Å². The molecule has 1 fully saturated rings. The van der Waals surface area contributed by atoms with E-state index in [1.54, 1.807) is 12.1 Å². The van der Waals surface area contributed by atoms with E-state index in [1.165, 1.54) is 0 Å². The van der Waals surface area contributed by atoms with Crippen molar-refractivity contribution in [2.75, 3.05) is 38.2 Å². The highest BCUT2D eigenvalue weighted by atomic mass is 32.1. The van der Waals surface area contributed by atoms with Crippen LogP contribution >= 0.6 is 11.7 Å². The number of carbonyl (C=O) groups excluding carboxylic acids is 2. The standard InChI is InChI=1S/C22H22N4O4S/c27-20(23-16-2-1-3-17-21(16)25-31-24-17)13-26-8-6-14(7-9-26)22(28)15-4-5-18-19(12-15)30-11-10-29-18/h1-5,12,14H,6-11,13H2,(H,23,27). The third kappa shape index (κ3) is 4.24. The lowest BCUT2D eigenvalue weighted by molar-refractivity contribution is -0.117. The van der Waals surface area contributed by atoms with Crippen LogP contribution in [0.1, 0.15) is 23.2 Å². The number of fused-ring (bicyclic) bond motifs is 2. The minimum absolute atomic E-state index is 0.0447. The first-order valence-corrected chi connectivity index (χ1v) is 11.1. The predicted molar refractivity (Wildman–Crippen MR) is 117 cm³/mol. The van der Waals surface area contributed by atoms with Crippen LogP contribution in [0.15, 0.2) is 36.4 Å². The fourth-order valence-electron chi connectivity index (χ4n) is 4.09. The van der Waals surface area contributed by atoms with Gasteiger partial charge in [-0.1, -0.05) is 6.07 Å². The highest BCUT2D eigenvalue weighted by molar-refractivity contribution is 7.00. The molecule has 0 unspecified atom stereocenters. The number of likely N-dealkylation sites (tertiary alicyclic amines) is 1. The number of rotatable bonds is 5. The Balaban J connectivity index is 1.15. The second kappa shape index (κ2) is 8.60. The number of nitrogens with zero attached hydrogens (tertiary/aromatic N) is 3. The molecule has 0 saturated carbocycles. The Bertz CT molecular complexity index is 1120. The molecule has 2 aliphatic rings. The molecular formula is C22H22N4O4S. The van der Waals surface area contributed by atoms with Crippen molar-refractivity contribution in [1.29, 1.82) is 0 Å². The Kier molecular flexibility index (Phi) is 5.52. The predicted octanol–water partition coefficient (Wildman–Crippen LogP) is 3.00. The molecule has 8 nitrogen and oxygen atoms in total. The number of Topliss-reactive ketones (excluding diaryl/α,β-unsaturated/α-hetero) is 1. The minimum atomic E-state index is -0.0860. The summed E-state index contributed by atoms with van der Waals surface area (Å²) >= 11 is 1.13. The van der Waals surface area contributed by atoms with E-state index in [-0.39, 0.29) is 17.6 Å². The van der Waals surface area contributed by atoms with E-state index in [4.69, 9.17) is 9.47 Å². The summed E-state index contributed by atoms with van der Waals surface area (Å²) in [5, 5.41) is 2.94. The van der Waals surface area contributed by atoms with Gasteiger partial charge in [0.05, 0.1) is 24.0 Å². The largest absolute Gasteiger partial charge is 0.486 e. The zero-order chi connectivity index (χ0) is 21.2. The molecule has 0 atom stereocenters. The van der Waals surface area contributed by atoms with Gasteiger partial charge in [-0.15, -0.1) is 0 Å². The van der Waals surface area contributed by atoms with Crippen molar-refractivity contribution in [2.45, 2.75) is 12.8 Å². The maximum Gasteiger partial charge on any atom is 0.238 e. The molecule has 1 N–H and O–H groups in total. The molecule has 1 aromatic heterocycles. The summed E-state index contributed by atoms with van der Waals surface area (Å²) in [5.74, 6) is 1.32. The maximum absolute atomic E-state index is 12.9. The van der Waals surface area contributed by atoms with Gasteiger partial charge in [-0.2, -0.15) is 8.75 Å². The quantitative estimate of drug-likeness (QED) is 0.612. The van der Waals surface area contributed by atoms with Crippen molar-refractivity contribution in [3.05, 3.63) is 42.0 Å². The fourth-order valence-corrected chi connectivity index (χ4v) is 4.64. The zero-order valence-corrected chi connectivity index (χ0v) is 17.7. The molecule has 0 bridgehead atoms. The molecule has 1 saturated heterocycles. The molecule has 2 aliphatic heterocycles. The van der Waals surface area contributed by atoms with Crippen LogP contribution in [0.3, 0.4) is 0 Å². The van der Waals surface area contributed by atoms with Crippen LogP contribution in [-0.2, 0) is 4.79 Å². The lowest BCUT2D eigenvalue weighted by Crippen LogP contribution is -2.40. The number of ether oxygens (including phenoxy) is 2. The average molecular weight is 439 g/mol. The van der Waals surface area contributed by atoms with Gasteiger partial charge in [0, 0.05) is 11.5 Å². The number of hydrogen-bond acceptors (Lipinski definition) is 8. The second-order valence-corrected chi connectivity index (χ2v) is 8.29. The number of aromatic nitrogens is 2. The van der Waals surface area contributed by atoms with E-state index >= 15 is 0 Å². The SMILES string of the molecule is O=C(CN1CCC(C(=O)c2ccc3c(c2)OCCO3)CC1)Nc1cccc2nsnc12. The number of hydrogen-bond donors (Lipinski definition) is 1. The van der Waals surface area contributed by atoms with E-state index in [9.17, 15) is 9.59 Å². The number of nitrogens with one attached hydrogen (secondary N) is 1. The summed E-state index contributed by atoms with van der Waals surface area (Å²) < 4.78 is 19.6. The van der Waals surface area contributed by atoms with Crippen molar-refractivity contribution in [3.8, 4) is 11.5 Å². The minimum Gasteiger partial charge on any atom is -0.486 e. The average Bonchev–Trinajstić information content (AvgIpc) is 3.29. The molecule has 3 aromatic rings. The van der Waals surface area contributed by atoms with Gasteiger partial charge in [-0.3, -0.25) is 14.5 Å². The van der Waals surface area contributed by atoms with Gasteiger partial charge in [-0.25, -0.2) is 0 Å².